The van der Waals surface area contributed by atoms with Gasteiger partial charge in [0.05, 0.1) is 6.54 Å². The second-order valence-corrected chi connectivity index (χ2v) is 7.72. The highest BCUT2D eigenvalue weighted by Gasteiger charge is 2.17. The van der Waals surface area contributed by atoms with Crippen LogP contribution in [0.25, 0.3) is 11.3 Å². The van der Waals surface area contributed by atoms with Gasteiger partial charge in [0.15, 0.2) is 0 Å². The average Bonchev–Trinajstić information content (AvgIpc) is 3.30. The van der Waals surface area contributed by atoms with E-state index in [1.807, 2.05) is 66.7 Å². The van der Waals surface area contributed by atoms with Crippen LogP contribution in [-0.2, 0) is 13.0 Å². The van der Waals surface area contributed by atoms with Crippen LogP contribution in [0.2, 0.25) is 0 Å². The Bertz CT molecular complexity index is 1230. The lowest BCUT2D eigenvalue weighted by Crippen LogP contribution is -2.35. The lowest BCUT2D eigenvalue weighted by molar-refractivity contribution is 0.0790. The second-order valence-electron chi connectivity index (χ2n) is 7.72. The minimum absolute atomic E-state index is 0.178. The first-order valence-electron chi connectivity index (χ1n) is 10.6. The van der Waals surface area contributed by atoms with Gasteiger partial charge in [0.2, 0.25) is 0 Å². The van der Waals surface area contributed by atoms with Crippen molar-refractivity contribution in [2.45, 2.75) is 19.4 Å². The molecule has 162 valence electrons. The number of hydrogen-bond acceptors (Lipinski definition) is 4. The first-order chi connectivity index (χ1) is 15.6. The molecule has 0 fully saturated rings. The van der Waals surface area contributed by atoms with E-state index in [1.165, 1.54) is 0 Å². The fraction of sp³-hybridized carbons (Fsp3) is 0.192. The summed E-state index contributed by atoms with van der Waals surface area (Å²) in [6.45, 7) is 0.937. The van der Waals surface area contributed by atoms with Crippen LogP contribution in [0, 0.1) is 0 Å². The third-order valence-electron chi connectivity index (χ3n) is 5.34. The van der Waals surface area contributed by atoms with Crippen LogP contribution >= 0.6 is 0 Å². The molecule has 4 aromatic rings. The number of aryl methyl sites for hydroxylation is 1. The summed E-state index contributed by atoms with van der Waals surface area (Å²) in [6, 6.07) is 24.8. The first kappa shape index (κ1) is 21.3. The van der Waals surface area contributed by atoms with Crippen LogP contribution in [0.4, 0.5) is 0 Å². The molecular weight excluding hydrogens is 402 g/mol. The van der Waals surface area contributed by atoms with Gasteiger partial charge in [0.25, 0.3) is 11.5 Å². The molecule has 0 N–H and O–H groups in total. The van der Waals surface area contributed by atoms with Gasteiger partial charge in [-0.25, -0.2) is 0 Å². The molecule has 0 aliphatic carbocycles. The van der Waals surface area contributed by atoms with Crippen molar-refractivity contribution in [2.75, 3.05) is 13.6 Å². The molecule has 0 bridgehead atoms. The number of pyridine rings is 1. The van der Waals surface area contributed by atoms with Gasteiger partial charge >= 0.3 is 0 Å². The van der Waals surface area contributed by atoms with Crippen LogP contribution in [0.15, 0.2) is 94.4 Å². The number of amides is 1. The zero-order chi connectivity index (χ0) is 22.3. The molecule has 32 heavy (non-hydrogen) atoms. The predicted octanol–water partition coefficient (Wildman–Crippen LogP) is 4.26. The van der Waals surface area contributed by atoms with Gasteiger partial charge in [0, 0.05) is 37.8 Å². The van der Waals surface area contributed by atoms with E-state index in [-0.39, 0.29) is 17.0 Å². The van der Waals surface area contributed by atoms with Gasteiger partial charge in [-0.3, -0.25) is 9.59 Å². The third kappa shape index (κ3) is 5.03. The number of benzene rings is 2. The maximum absolute atomic E-state index is 12.9. The SMILES string of the molecule is CN(CCCc1cc(-c2ccccc2)no1)C(=O)c1cccn(Cc2ccccc2)c1=O. The summed E-state index contributed by atoms with van der Waals surface area (Å²) in [5.41, 5.74) is 2.71. The number of rotatable bonds is 8. The molecule has 1 amide bonds. The number of nitrogens with zero attached hydrogens (tertiary/aromatic N) is 3. The predicted molar refractivity (Wildman–Crippen MR) is 123 cm³/mol. The van der Waals surface area contributed by atoms with Crippen molar-refractivity contribution in [3.8, 4) is 11.3 Å². The topological polar surface area (TPSA) is 68.3 Å². The summed E-state index contributed by atoms with van der Waals surface area (Å²) < 4.78 is 7.00. The van der Waals surface area contributed by atoms with E-state index in [2.05, 4.69) is 5.16 Å². The van der Waals surface area contributed by atoms with Crippen molar-refractivity contribution in [3.05, 3.63) is 112 Å². The molecule has 2 aromatic heterocycles. The van der Waals surface area contributed by atoms with Gasteiger partial charge < -0.3 is 14.0 Å². The fourth-order valence-electron chi connectivity index (χ4n) is 3.58. The summed E-state index contributed by atoms with van der Waals surface area (Å²) >= 11 is 0. The van der Waals surface area contributed by atoms with E-state index in [1.54, 1.807) is 34.8 Å². The molecule has 0 atom stereocenters. The second kappa shape index (κ2) is 9.92. The highest BCUT2D eigenvalue weighted by molar-refractivity contribution is 5.93. The summed E-state index contributed by atoms with van der Waals surface area (Å²) in [7, 11) is 1.71. The highest BCUT2D eigenvalue weighted by atomic mass is 16.5. The summed E-state index contributed by atoms with van der Waals surface area (Å²) in [5, 5.41) is 4.12. The molecule has 4 rings (SSSR count). The molecule has 0 radical (unpaired) electrons. The minimum atomic E-state index is -0.282. The van der Waals surface area contributed by atoms with Crippen LogP contribution in [0.1, 0.15) is 28.1 Å². The van der Waals surface area contributed by atoms with Crippen LogP contribution in [0.5, 0.6) is 0 Å². The van der Waals surface area contributed by atoms with Crippen molar-refractivity contribution in [1.82, 2.24) is 14.6 Å². The number of carbonyl (C=O) groups is 1. The normalized spacial score (nSPS) is 10.8. The molecule has 2 aromatic carbocycles. The highest BCUT2D eigenvalue weighted by Crippen LogP contribution is 2.19. The number of aromatic nitrogens is 2. The van der Waals surface area contributed by atoms with Gasteiger partial charge in [-0.15, -0.1) is 0 Å². The summed E-state index contributed by atoms with van der Waals surface area (Å²) in [5.74, 6) is 0.495. The summed E-state index contributed by atoms with van der Waals surface area (Å²) in [6.07, 6.45) is 3.07. The van der Waals surface area contributed by atoms with Crippen LogP contribution in [-0.4, -0.2) is 34.1 Å². The Morgan fingerprint density at radius 2 is 1.72 bits per heavy atom. The molecule has 6 heteroatoms. The number of hydrogen-bond donors (Lipinski definition) is 0. The Morgan fingerprint density at radius 3 is 2.47 bits per heavy atom. The molecule has 0 unspecified atom stereocenters. The Kier molecular flexibility index (Phi) is 6.60. The Balaban J connectivity index is 1.36. The first-order valence-corrected chi connectivity index (χ1v) is 10.6. The third-order valence-corrected chi connectivity index (χ3v) is 5.34. The average molecular weight is 428 g/mol. The lowest BCUT2D eigenvalue weighted by atomic mass is 10.1. The molecule has 0 aliphatic rings. The molecule has 6 nitrogen and oxygen atoms in total. The Hall–Kier alpha value is -3.93. The smallest absolute Gasteiger partial charge is 0.263 e. The van der Waals surface area contributed by atoms with Gasteiger partial charge in [-0.2, -0.15) is 0 Å². The van der Waals surface area contributed by atoms with E-state index in [0.717, 1.165) is 22.6 Å². The van der Waals surface area contributed by atoms with Crippen LogP contribution < -0.4 is 5.56 Å². The van der Waals surface area contributed by atoms with Gasteiger partial charge in [-0.1, -0.05) is 65.8 Å². The zero-order valence-corrected chi connectivity index (χ0v) is 18.0. The summed E-state index contributed by atoms with van der Waals surface area (Å²) in [4.78, 5) is 27.3. The van der Waals surface area contributed by atoms with E-state index in [0.29, 0.717) is 25.9 Å². The van der Waals surface area contributed by atoms with E-state index in [4.69, 9.17) is 4.52 Å². The fourth-order valence-corrected chi connectivity index (χ4v) is 3.58. The molecular formula is C26H25N3O3. The quantitative estimate of drug-likeness (QED) is 0.421. The van der Waals surface area contributed by atoms with Crippen LogP contribution in [0.3, 0.4) is 0 Å². The molecule has 2 heterocycles. The van der Waals surface area contributed by atoms with Gasteiger partial charge in [-0.05, 0) is 24.1 Å². The van der Waals surface area contributed by atoms with Crippen molar-refractivity contribution in [2.24, 2.45) is 0 Å². The Labute approximate surface area is 186 Å². The molecule has 0 aliphatic heterocycles. The van der Waals surface area contributed by atoms with Gasteiger partial charge in [0.1, 0.15) is 17.0 Å². The standard InChI is InChI=1S/C26H25N3O3/c1-28(16-8-14-22-18-24(27-32-22)21-12-6-3-7-13-21)25(30)23-15-9-17-29(26(23)31)19-20-10-4-2-5-11-20/h2-7,9-13,15,17-18H,8,14,16,19H2,1H3. The van der Waals surface area contributed by atoms with E-state index < -0.39 is 0 Å². The Morgan fingerprint density at radius 1 is 1.00 bits per heavy atom. The number of carbonyl (C=O) groups excluding carboxylic acids is 1. The zero-order valence-electron chi connectivity index (χ0n) is 18.0. The van der Waals surface area contributed by atoms with Crippen molar-refractivity contribution < 1.29 is 9.32 Å². The lowest BCUT2D eigenvalue weighted by Gasteiger charge is -2.17. The van der Waals surface area contributed by atoms with E-state index >= 15 is 0 Å². The van der Waals surface area contributed by atoms with E-state index in [9.17, 15) is 9.59 Å². The largest absolute Gasteiger partial charge is 0.361 e. The van der Waals surface area contributed by atoms with Crippen molar-refractivity contribution in [3.63, 3.8) is 0 Å². The molecule has 0 spiro atoms. The molecule has 0 saturated heterocycles. The maximum Gasteiger partial charge on any atom is 0.263 e. The monoisotopic (exact) mass is 427 g/mol. The van der Waals surface area contributed by atoms with Crippen molar-refractivity contribution in [1.29, 1.82) is 0 Å². The van der Waals surface area contributed by atoms with Crippen molar-refractivity contribution >= 4 is 5.91 Å². The minimum Gasteiger partial charge on any atom is -0.361 e. The maximum atomic E-state index is 12.9. The molecule has 0 saturated carbocycles.